The van der Waals surface area contributed by atoms with Gasteiger partial charge in [0.15, 0.2) is 0 Å². The van der Waals surface area contributed by atoms with Crippen LogP contribution in [-0.4, -0.2) is 77.8 Å². The van der Waals surface area contributed by atoms with Gasteiger partial charge in [0, 0.05) is 21.3 Å². The van der Waals surface area contributed by atoms with Crippen molar-refractivity contribution in [1.82, 2.24) is 0 Å². The molecule has 0 saturated heterocycles. The van der Waals surface area contributed by atoms with Crippen LogP contribution in [0.5, 0.6) is 0 Å². The molecule has 0 radical (unpaired) electrons. The van der Waals surface area contributed by atoms with Crippen LogP contribution in [0.3, 0.4) is 0 Å². The first-order chi connectivity index (χ1) is 14.6. The first-order valence-electron chi connectivity index (χ1n) is 7.95. The van der Waals surface area contributed by atoms with Gasteiger partial charge in [-0.25, -0.2) is 0 Å². The molecule has 1 atom stereocenters. The van der Waals surface area contributed by atoms with Crippen molar-refractivity contribution in [2.45, 2.75) is 60.1 Å². The average Bonchev–Trinajstić information content (AvgIpc) is 2.67. The Balaban J connectivity index is 6.95. The van der Waals surface area contributed by atoms with Gasteiger partial charge in [-0.3, -0.25) is 0 Å². The summed E-state index contributed by atoms with van der Waals surface area (Å²) < 4.78 is 239. The lowest BCUT2D eigenvalue weighted by molar-refractivity contribution is -0.461. The van der Waals surface area contributed by atoms with Crippen LogP contribution in [0.25, 0.3) is 0 Å². The average molecular weight is 568 g/mol. The molecule has 0 aliphatic heterocycles. The van der Waals surface area contributed by atoms with E-state index < -0.39 is 62.0 Å². The maximum absolute atomic E-state index is 14.3. The second kappa shape index (κ2) is 8.78. The molecule has 206 valence electrons. The summed E-state index contributed by atoms with van der Waals surface area (Å²) in [5.74, 6) is -57.0. The van der Waals surface area contributed by atoms with Crippen LogP contribution < -0.4 is 0 Å². The molecule has 0 bridgehead atoms. The molecular formula is C13H13F17O3Si. The second-order valence-corrected chi connectivity index (χ2v) is 9.80. The first-order valence-corrected chi connectivity index (χ1v) is 9.76. The summed E-state index contributed by atoms with van der Waals surface area (Å²) in [6.07, 6.45) is -7.80. The monoisotopic (exact) mass is 568 g/mol. The Morgan fingerprint density at radius 3 is 0.912 bits per heavy atom. The SMILES string of the molecule is CO[Si](OC)(OC)[C@@H](C)C(F)(F)C(F)(F)C(F)(F)C(F)(F)C(F)(F)C(F)(F)C(F)(F)C(F)(F)F. The summed E-state index contributed by atoms with van der Waals surface area (Å²) in [4.78, 5) is 0. The van der Waals surface area contributed by atoms with E-state index in [0.29, 0.717) is 21.3 Å². The van der Waals surface area contributed by atoms with Gasteiger partial charge in [0.2, 0.25) is 0 Å². The maximum Gasteiger partial charge on any atom is 0.509 e. The number of rotatable bonds is 11. The Kier molecular flexibility index (Phi) is 8.50. The van der Waals surface area contributed by atoms with Crippen molar-refractivity contribution in [3.8, 4) is 0 Å². The predicted molar refractivity (Wildman–Crippen MR) is 76.9 cm³/mol. The fourth-order valence-corrected chi connectivity index (χ4v) is 4.64. The van der Waals surface area contributed by atoms with Crippen molar-refractivity contribution in [2.75, 3.05) is 21.3 Å². The molecule has 0 rings (SSSR count). The normalized spacial score (nSPS) is 17.2. The van der Waals surface area contributed by atoms with Gasteiger partial charge >= 0.3 is 56.4 Å². The van der Waals surface area contributed by atoms with Crippen molar-refractivity contribution >= 4 is 8.80 Å². The first kappa shape index (κ1) is 32.9. The molecule has 0 aromatic rings. The minimum Gasteiger partial charge on any atom is -0.377 e. The van der Waals surface area contributed by atoms with E-state index in [1.165, 1.54) is 0 Å². The third-order valence-electron chi connectivity index (χ3n) is 4.67. The summed E-state index contributed by atoms with van der Waals surface area (Å²) in [5.41, 5.74) is -3.54. The van der Waals surface area contributed by atoms with Gasteiger partial charge in [0.25, 0.3) is 0 Å². The Bertz CT molecular complexity index is 708. The predicted octanol–water partition coefficient (Wildman–Crippen LogP) is 6.26. The summed E-state index contributed by atoms with van der Waals surface area (Å²) in [6, 6.07) is 0. The van der Waals surface area contributed by atoms with E-state index in [9.17, 15) is 74.6 Å². The Morgan fingerprint density at radius 2 is 0.676 bits per heavy atom. The molecule has 0 aromatic heterocycles. The van der Waals surface area contributed by atoms with Gasteiger partial charge < -0.3 is 13.3 Å². The van der Waals surface area contributed by atoms with Crippen LogP contribution in [0.1, 0.15) is 6.92 Å². The minimum absolute atomic E-state index is 0.157. The van der Waals surface area contributed by atoms with Crippen molar-refractivity contribution in [3.05, 3.63) is 0 Å². The van der Waals surface area contributed by atoms with Crippen molar-refractivity contribution in [2.24, 2.45) is 0 Å². The fraction of sp³-hybridized carbons (Fsp3) is 1.00. The largest absolute Gasteiger partial charge is 0.509 e. The van der Waals surface area contributed by atoms with E-state index in [0.717, 1.165) is 0 Å². The standard InChI is InChI=1S/C13H13F17O3Si/c1-5(34(31-2,32-3)33-4)6(14,15)7(16,17)8(18,19)9(20,21)10(22,23)11(24,25)12(26,27)13(28,29)30/h5H,1-4H3/t5-/m0/s1. The van der Waals surface area contributed by atoms with Gasteiger partial charge in [0.05, 0.1) is 5.54 Å². The number of halogens is 17. The molecule has 0 N–H and O–H groups in total. The quantitative estimate of drug-likeness (QED) is 0.218. The molecule has 0 amide bonds. The lowest BCUT2D eigenvalue weighted by atomic mass is 9.88. The van der Waals surface area contributed by atoms with Crippen LogP contribution in [0.2, 0.25) is 5.54 Å². The molecule has 0 unspecified atom stereocenters. The van der Waals surface area contributed by atoms with Crippen LogP contribution in [0.4, 0.5) is 74.6 Å². The summed E-state index contributed by atoms with van der Waals surface area (Å²) in [5, 5.41) is 0. The molecular weight excluding hydrogens is 555 g/mol. The van der Waals surface area contributed by atoms with E-state index >= 15 is 0 Å². The third-order valence-corrected chi connectivity index (χ3v) is 7.80. The highest BCUT2D eigenvalue weighted by atomic mass is 28.4. The molecule has 0 saturated carbocycles. The van der Waals surface area contributed by atoms with Crippen LogP contribution >= 0.6 is 0 Å². The zero-order valence-electron chi connectivity index (χ0n) is 16.7. The highest BCUT2D eigenvalue weighted by Crippen LogP contribution is 2.65. The Hall–Kier alpha value is -1.09. The number of alkyl halides is 17. The van der Waals surface area contributed by atoms with Crippen LogP contribution in [0.15, 0.2) is 0 Å². The highest BCUT2D eigenvalue weighted by Gasteiger charge is 2.95. The topological polar surface area (TPSA) is 27.7 Å². The lowest BCUT2D eigenvalue weighted by Gasteiger charge is -2.44. The van der Waals surface area contributed by atoms with Gasteiger partial charge in [-0.15, -0.1) is 0 Å². The fourth-order valence-electron chi connectivity index (χ4n) is 2.45. The molecule has 0 fully saturated rings. The summed E-state index contributed by atoms with van der Waals surface area (Å²) in [6.45, 7) is -0.157. The summed E-state index contributed by atoms with van der Waals surface area (Å²) >= 11 is 0. The number of hydrogen-bond donors (Lipinski definition) is 0. The van der Waals surface area contributed by atoms with E-state index in [1.807, 2.05) is 0 Å². The zero-order valence-corrected chi connectivity index (χ0v) is 17.7. The highest BCUT2D eigenvalue weighted by molar-refractivity contribution is 6.62. The molecule has 0 aromatic carbocycles. The molecule has 3 nitrogen and oxygen atoms in total. The van der Waals surface area contributed by atoms with Gasteiger partial charge in [-0.05, 0) is 0 Å². The minimum atomic E-state index is -8.68. The van der Waals surface area contributed by atoms with E-state index in [2.05, 4.69) is 13.3 Å². The second-order valence-electron chi connectivity index (χ2n) is 6.50. The maximum atomic E-state index is 14.3. The molecule has 0 spiro atoms. The zero-order chi connectivity index (χ0) is 28.2. The van der Waals surface area contributed by atoms with Crippen molar-refractivity contribution < 1.29 is 87.9 Å². The van der Waals surface area contributed by atoms with Crippen molar-refractivity contribution in [3.63, 3.8) is 0 Å². The molecule has 21 heteroatoms. The Morgan fingerprint density at radius 1 is 0.441 bits per heavy atom. The molecule has 0 heterocycles. The van der Waals surface area contributed by atoms with Gasteiger partial charge in [-0.2, -0.15) is 74.6 Å². The molecule has 0 aliphatic rings. The molecule has 34 heavy (non-hydrogen) atoms. The van der Waals surface area contributed by atoms with Gasteiger partial charge in [-0.1, -0.05) is 6.92 Å². The van der Waals surface area contributed by atoms with Crippen molar-refractivity contribution in [1.29, 1.82) is 0 Å². The van der Waals surface area contributed by atoms with Crippen LogP contribution in [-0.2, 0) is 13.3 Å². The van der Waals surface area contributed by atoms with Crippen LogP contribution in [0, 0.1) is 0 Å². The summed E-state index contributed by atoms with van der Waals surface area (Å²) in [7, 11) is -4.03. The van der Waals surface area contributed by atoms with Gasteiger partial charge in [0.1, 0.15) is 0 Å². The lowest BCUT2D eigenvalue weighted by Crippen LogP contribution is -2.75. The van der Waals surface area contributed by atoms with E-state index in [1.54, 1.807) is 0 Å². The Labute approximate surface area is 179 Å². The van der Waals surface area contributed by atoms with E-state index in [-0.39, 0.29) is 6.92 Å². The smallest absolute Gasteiger partial charge is 0.377 e. The third kappa shape index (κ3) is 4.02. The number of hydrogen-bond acceptors (Lipinski definition) is 3. The molecule has 0 aliphatic carbocycles. The van der Waals surface area contributed by atoms with E-state index in [4.69, 9.17) is 0 Å².